The van der Waals surface area contributed by atoms with Crippen molar-refractivity contribution in [1.82, 2.24) is 20.6 Å². The maximum atomic E-state index is 12.8. The molecule has 0 spiro atoms. The molecule has 0 amide bonds. The number of nitriles is 1. The zero-order valence-corrected chi connectivity index (χ0v) is 23.1. The summed E-state index contributed by atoms with van der Waals surface area (Å²) in [5.74, 6) is 3.36. The Balaban J connectivity index is 1.09. The molecule has 5 aliphatic rings. The molecule has 2 aromatic rings. The molecule has 4 N–H and O–H groups in total. The van der Waals surface area contributed by atoms with Crippen molar-refractivity contribution in [2.45, 2.75) is 63.9 Å². The molecule has 3 unspecified atom stereocenters. The first-order valence-electron chi connectivity index (χ1n) is 14.8. The number of halogens is 3. The monoisotopic (exact) mass is 569 g/mol. The Hall–Kier alpha value is -3.10. The van der Waals surface area contributed by atoms with Crippen LogP contribution in [0.4, 0.5) is 24.9 Å². The Morgan fingerprint density at radius 2 is 1.83 bits per heavy atom. The Bertz CT molecular complexity index is 1240. The Labute approximate surface area is 238 Å². The van der Waals surface area contributed by atoms with E-state index in [1.54, 1.807) is 12.1 Å². The zero-order valence-electron chi connectivity index (χ0n) is 23.1. The topological polar surface area (TPSA) is 107 Å². The van der Waals surface area contributed by atoms with Crippen LogP contribution in [0.5, 0.6) is 5.75 Å². The number of aromatic nitrogens is 2. The number of hydrogen-bond acceptors (Lipinski definition) is 8. The summed E-state index contributed by atoms with van der Waals surface area (Å²) >= 11 is 0. The van der Waals surface area contributed by atoms with Crippen molar-refractivity contribution in [2.24, 2.45) is 29.1 Å². The molecule has 11 heteroatoms. The van der Waals surface area contributed by atoms with E-state index in [0.717, 1.165) is 38.0 Å². The molecule has 220 valence electrons. The summed E-state index contributed by atoms with van der Waals surface area (Å²) in [5.41, 5.74) is 0.870. The van der Waals surface area contributed by atoms with Crippen LogP contribution in [0.25, 0.3) is 0 Å². The number of para-hydroxylation sites is 1. The van der Waals surface area contributed by atoms with Crippen molar-refractivity contribution in [3.63, 3.8) is 0 Å². The summed E-state index contributed by atoms with van der Waals surface area (Å²) < 4.78 is 42.5. The molecule has 4 aliphatic carbocycles. The van der Waals surface area contributed by atoms with Gasteiger partial charge in [0, 0.05) is 24.7 Å². The van der Waals surface area contributed by atoms with Gasteiger partial charge >= 0.3 is 6.36 Å². The molecule has 4 bridgehead atoms. The predicted molar refractivity (Wildman–Crippen MR) is 149 cm³/mol. The van der Waals surface area contributed by atoms with Gasteiger partial charge in [-0.15, -0.1) is 13.2 Å². The molecule has 0 radical (unpaired) electrons. The van der Waals surface area contributed by atoms with Crippen molar-refractivity contribution in [3.8, 4) is 11.8 Å². The lowest BCUT2D eigenvalue weighted by molar-refractivity contribution is -0.274. The minimum absolute atomic E-state index is 0.0400. The van der Waals surface area contributed by atoms with Crippen LogP contribution in [0.1, 0.15) is 56.1 Å². The van der Waals surface area contributed by atoms with E-state index in [0.29, 0.717) is 34.8 Å². The lowest BCUT2D eigenvalue weighted by Crippen LogP contribution is -2.60. The standard InChI is InChI=1S/C30H38F3N7O/c31-30(32,33)41-25-4-2-1-3-21(25)16-37-28-38-17-24(14-34)27(40-28)39-18-29-11-20-9-22(12-29)26(23(10-20)13-29)36-15-19-5-7-35-8-6-19/h1-4,17,19-20,22-23,26,35-36H,5-13,15-16,18H2,(H2,37,38,39,40)/t20?,22-,23+,26?,29?. The highest BCUT2D eigenvalue weighted by atomic mass is 19.4. The van der Waals surface area contributed by atoms with Crippen LogP contribution < -0.4 is 26.0 Å². The van der Waals surface area contributed by atoms with Gasteiger partial charge in [-0.05, 0) is 99.7 Å². The van der Waals surface area contributed by atoms with Crippen molar-refractivity contribution in [2.75, 3.05) is 36.8 Å². The molecule has 8 nitrogen and oxygen atoms in total. The van der Waals surface area contributed by atoms with Crippen LogP contribution in [0.15, 0.2) is 30.5 Å². The third-order valence-electron chi connectivity index (χ3n) is 9.68. The van der Waals surface area contributed by atoms with Gasteiger partial charge in [-0.1, -0.05) is 18.2 Å². The predicted octanol–water partition coefficient (Wildman–Crippen LogP) is 5.05. The fraction of sp³-hybridized carbons (Fsp3) is 0.633. The van der Waals surface area contributed by atoms with Gasteiger partial charge in [0.1, 0.15) is 23.2 Å². The number of rotatable bonds is 10. The smallest absolute Gasteiger partial charge is 0.405 e. The maximum absolute atomic E-state index is 12.8. The van der Waals surface area contributed by atoms with Crippen LogP contribution in [0.3, 0.4) is 0 Å². The second-order valence-corrected chi connectivity index (χ2v) is 12.5. The second-order valence-electron chi connectivity index (χ2n) is 12.5. The highest BCUT2D eigenvalue weighted by Gasteiger charge is 2.55. The second kappa shape index (κ2) is 11.6. The minimum Gasteiger partial charge on any atom is -0.405 e. The maximum Gasteiger partial charge on any atom is 0.573 e. The number of piperidine rings is 1. The average Bonchev–Trinajstić information content (AvgIpc) is 2.95. The number of nitrogens with zero attached hydrogens (tertiary/aromatic N) is 3. The summed E-state index contributed by atoms with van der Waals surface area (Å²) in [7, 11) is 0. The van der Waals surface area contributed by atoms with Crippen molar-refractivity contribution in [3.05, 3.63) is 41.6 Å². The summed E-state index contributed by atoms with van der Waals surface area (Å²) in [6.45, 7) is 4.18. The van der Waals surface area contributed by atoms with Crippen LogP contribution in [0, 0.1) is 40.4 Å². The molecule has 5 atom stereocenters. The largest absolute Gasteiger partial charge is 0.573 e. The first kappa shape index (κ1) is 28.0. The number of nitrogens with one attached hydrogen (secondary N) is 4. The van der Waals surface area contributed by atoms with E-state index >= 15 is 0 Å². The molecule has 4 saturated carbocycles. The Morgan fingerprint density at radius 3 is 2.56 bits per heavy atom. The summed E-state index contributed by atoms with van der Waals surface area (Å²) in [6, 6.07) is 8.75. The fourth-order valence-electron chi connectivity index (χ4n) is 8.13. The zero-order chi connectivity index (χ0) is 28.5. The first-order valence-corrected chi connectivity index (χ1v) is 14.8. The van der Waals surface area contributed by atoms with E-state index in [1.165, 1.54) is 63.3 Å². The number of benzene rings is 1. The summed E-state index contributed by atoms with van der Waals surface area (Å²) in [6.07, 6.45) is 5.40. The van der Waals surface area contributed by atoms with Gasteiger partial charge in [0.05, 0.1) is 6.20 Å². The third-order valence-corrected chi connectivity index (χ3v) is 9.68. The van der Waals surface area contributed by atoms with Gasteiger partial charge in [0.25, 0.3) is 0 Å². The molecule has 41 heavy (non-hydrogen) atoms. The Kier molecular flexibility index (Phi) is 7.97. The van der Waals surface area contributed by atoms with Gasteiger partial charge in [-0.25, -0.2) is 4.98 Å². The van der Waals surface area contributed by atoms with E-state index in [4.69, 9.17) is 0 Å². The molecule has 5 fully saturated rings. The minimum atomic E-state index is -4.78. The quantitative estimate of drug-likeness (QED) is 0.315. The number of alkyl halides is 3. The number of anilines is 2. The van der Waals surface area contributed by atoms with Gasteiger partial charge in [-0.2, -0.15) is 10.2 Å². The molecule has 1 aromatic carbocycles. The first-order chi connectivity index (χ1) is 19.8. The third kappa shape index (κ3) is 6.54. The molecule has 2 heterocycles. The van der Waals surface area contributed by atoms with Crippen molar-refractivity contribution in [1.29, 1.82) is 5.26 Å². The molecule has 7 rings (SSSR count). The van der Waals surface area contributed by atoms with Gasteiger partial charge < -0.3 is 26.0 Å². The lowest BCUT2D eigenvalue weighted by atomic mass is 9.48. The van der Waals surface area contributed by atoms with Gasteiger partial charge in [-0.3, -0.25) is 0 Å². The highest BCUT2D eigenvalue weighted by molar-refractivity contribution is 5.53. The number of ether oxygens (including phenoxy) is 1. The van der Waals surface area contributed by atoms with Gasteiger partial charge in [0.2, 0.25) is 5.95 Å². The van der Waals surface area contributed by atoms with Crippen LogP contribution in [-0.2, 0) is 6.54 Å². The van der Waals surface area contributed by atoms with Crippen molar-refractivity contribution < 1.29 is 17.9 Å². The summed E-state index contributed by atoms with van der Waals surface area (Å²) in [4.78, 5) is 8.75. The molecular formula is C30H38F3N7O. The summed E-state index contributed by atoms with van der Waals surface area (Å²) in [5, 5.41) is 23.6. The highest BCUT2D eigenvalue weighted by Crippen LogP contribution is 2.60. The molecular weight excluding hydrogens is 531 g/mol. The molecule has 1 saturated heterocycles. The van der Waals surface area contributed by atoms with E-state index in [1.807, 2.05) is 0 Å². The van der Waals surface area contributed by atoms with E-state index < -0.39 is 6.36 Å². The van der Waals surface area contributed by atoms with Crippen LogP contribution in [-0.4, -0.2) is 48.6 Å². The fourth-order valence-corrected chi connectivity index (χ4v) is 8.13. The SMILES string of the molecule is N#Cc1cnc(NCc2ccccc2OC(F)(F)F)nc1NCC12CC3C[C@H](C1)C(NCC1CCNCC1)[C@@H](C3)C2. The van der Waals surface area contributed by atoms with Crippen molar-refractivity contribution >= 4 is 11.8 Å². The normalized spacial score (nSPS) is 29.2. The number of hydrogen-bond donors (Lipinski definition) is 4. The average molecular weight is 570 g/mol. The lowest BCUT2D eigenvalue weighted by Gasteiger charge is -2.60. The van der Waals surface area contributed by atoms with Gasteiger partial charge in [0.15, 0.2) is 0 Å². The van der Waals surface area contributed by atoms with E-state index in [-0.39, 0.29) is 23.7 Å². The Morgan fingerprint density at radius 1 is 1.07 bits per heavy atom. The van der Waals surface area contributed by atoms with Crippen LogP contribution in [0.2, 0.25) is 0 Å². The molecule has 1 aliphatic heterocycles. The van der Waals surface area contributed by atoms with E-state index in [9.17, 15) is 18.4 Å². The molecule has 1 aromatic heterocycles. The van der Waals surface area contributed by atoms with Crippen LogP contribution >= 0.6 is 0 Å². The van der Waals surface area contributed by atoms with E-state index in [2.05, 4.69) is 42.0 Å².